The first-order chi connectivity index (χ1) is 9.74. The molecule has 0 radical (unpaired) electrons. The Balaban J connectivity index is 1.85. The van der Waals surface area contributed by atoms with Gasteiger partial charge in [0.25, 0.3) is 0 Å². The van der Waals surface area contributed by atoms with Gasteiger partial charge in [-0.2, -0.15) is 0 Å². The standard InChI is InChI=1S/C16H20N4/c1-12-18-19-16(20(12)15-4-2-3-5-15)11-8-13-6-9-14(17)10-7-13/h6-11,15H,2-5,17H2,1H3/b11-8+. The molecule has 1 aromatic heterocycles. The smallest absolute Gasteiger partial charge is 0.156 e. The summed E-state index contributed by atoms with van der Waals surface area (Å²) in [6.45, 7) is 2.03. The van der Waals surface area contributed by atoms with Crippen molar-refractivity contribution in [2.24, 2.45) is 0 Å². The van der Waals surface area contributed by atoms with Crippen LogP contribution in [0.3, 0.4) is 0 Å². The van der Waals surface area contributed by atoms with E-state index in [1.54, 1.807) is 0 Å². The van der Waals surface area contributed by atoms with Crippen LogP contribution in [0.5, 0.6) is 0 Å². The zero-order valence-corrected chi connectivity index (χ0v) is 11.8. The summed E-state index contributed by atoms with van der Waals surface area (Å²) in [6, 6.07) is 8.40. The molecule has 4 heteroatoms. The molecule has 0 aliphatic heterocycles. The van der Waals surface area contributed by atoms with Crippen molar-refractivity contribution < 1.29 is 0 Å². The predicted octanol–water partition coefficient (Wildman–Crippen LogP) is 3.45. The number of benzene rings is 1. The van der Waals surface area contributed by atoms with E-state index in [0.29, 0.717) is 6.04 Å². The highest BCUT2D eigenvalue weighted by Crippen LogP contribution is 2.31. The van der Waals surface area contributed by atoms with Crippen LogP contribution in [0.25, 0.3) is 12.2 Å². The molecular weight excluding hydrogens is 248 g/mol. The zero-order chi connectivity index (χ0) is 13.9. The van der Waals surface area contributed by atoms with Crippen molar-refractivity contribution in [3.05, 3.63) is 41.5 Å². The fourth-order valence-electron chi connectivity index (χ4n) is 2.89. The van der Waals surface area contributed by atoms with Crippen molar-refractivity contribution in [2.75, 3.05) is 5.73 Å². The van der Waals surface area contributed by atoms with Crippen LogP contribution in [0, 0.1) is 6.92 Å². The molecule has 1 saturated carbocycles. The molecule has 1 aromatic carbocycles. The van der Waals surface area contributed by atoms with Crippen LogP contribution in [0.15, 0.2) is 24.3 Å². The summed E-state index contributed by atoms with van der Waals surface area (Å²) in [5, 5.41) is 8.52. The van der Waals surface area contributed by atoms with E-state index in [1.165, 1.54) is 25.7 Å². The average molecular weight is 268 g/mol. The number of hydrogen-bond acceptors (Lipinski definition) is 3. The molecule has 1 aliphatic rings. The highest BCUT2D eigenvalue weighted by Gasteiger charge is 2.21. The number of rotatable bonds is 3. The lowest BCUT2D eigenvalue weighted by Gasteiger charge is -2.14. The van der Waals surface area contributed by atoms with Crippen LogP contribution in [0.1, 0.15) is 48.9 Å². The summed E-state index contributed by atoms with van der Waals surface area (Å²) >= 11 is 0. The van der Waals surface area contributed by atoms with E-state index in [2.05, 4.69) is 20.8 Å². The van der Waals surface area contributed by atoms with Crippen molar-refractivity contribution in [1.29, 1.82) is 0 Å². The highest BCUT2D eigenvalue weighted by molar-refractivity contribution is 5.67. The second-order valence-electron chi connectivity index (χ2n) is 5.41. The summed E-state index contributed by atoms with van der Waals surface area (Å²) in [5.41, 5.74) is 7.60. The fourth-order valence-corrected chi connectivity index (χ4v) is 2.89. The third-order valence-corrected chi connectivity index (χ3v) is 3.94. The molecule has 0 bridgehead atoms. The minimum Gasteiger partial charge on any atom is -0.399 e. The van der Waals surface area contributed by atoms with Crippen LogP contribution >= 0.6 is 0 Å². The van der Waals surface area contributed by atoms with E-state index in [1.807, 2.05) is 37.3 Å². The molecule has 0 spiro atoms. The molecule has 1 aliphatic carbocycles. The zero-order valence-electron chi connectivity index (χ0n) is 11.8. The first kappa shape index (κ1) is 12.9. The number of aryl methyl sites for hydroxylation is 1. The maximum Gasteiger partial charge on any atom is 0.156 e. The van der Waals surface area contributed by atoms with Gasteiger partial charge in [0.15, 0.2) is 5.82 Å². The van der Waals surface area contributed by atoms with Crippen molar-refractivity contribution in [3.8, 4) is 0 Å². The number of hydrogen-bond donors (Lipinski definition) is 1. The van der Waals surface area contributed by atoms with Crippen molar-refractivity contribution >= 4 is 17.8 Å². The van der Waals surface area contributed by atoms with Crippen molar-refractivity contribution in [2.45, 2.75) is 38.6 Å². The second kappa shape index (κ2) is 5.49. The maximum atomic E-state index is 5.69. The summed E-state index contributed by atoms with van der Waals surface area (Å²) in [5.74, 6) is 1.96. The Morgan fingerprint density at radius 2 is 1.80 bits per heavy atom. The van der Waals surface area contributed by atoms with E-state index in [4.69, 9.17) is 5.73 Å². The quantitative estimate of drug-likeness (QED) is 0.867. The van der Waals surface area contributed by atoms with Crippen LogP contribution in [-0.4, -0.2) is 14.8 Å². The Morgan fingerprint density at radius 3 is 2.50 bits per heavy atom. The van der Waals surface area contributed by atoms with Gasteiger partial charge in [-0.05, 0) is 43.5 Å². The Morgan fingerprint density at radius 1 is 1.10 bits per heavy atom. The predicted molar refractivity (Wildman–Crippen MR) is 82.0 cm³/mol. The van der Waals surface area contributed by atoms with Crippen LogP contribution in [0.2, 0.25) is 0 Å². The molecule has 104 valence electrons. The fraction of sp³-hybridized carbons (Fsp3) is 0.375. The van der Waals surface area contributed by atoms with E-state index in [9.17, 15) is 0 Å². The minimum absolute atomic E-state index is 0.566. The van der Waals surface area contributed by atoms with Crippen LogP contribution in [0.4, 0.5) is 5.69 Å². The first-order valence-corrected chi connectivity index (χ1v) is 7.19. The molecule has 2 N–H and O–H groups in total. The van der Waals surface area contributed by atoms with Crippen LogP contribution < -0.4 is 5.73 Å². The van der Waals surface area contributed by atoms with Gasteiger partial charge in [0, 0.05) is 11.7 Å². The average Bonchev–Trinajstić information content (AvgIpc) is 3.07. The van der Waals surface area contributed by atoms with Gasteiger partial charge in [-0.15, -0.1) is 10.2 Å². The molecular formula is C16H20N4. The van der Waals surface area contributed by atoms with Gasteiger partial charge in [0.05, 0.1) is 0 Å². The third-order valence-electron chi connectivity index (χ3n) is 3.94. The molecule has 3 rings (SSSR count). The topological polar surface area (TPSA) is 56.7 Å². The van der Waals surface area contributed by atoms with Gasteiger partial charge >= 0.3 is 0 Å². The maximum absolute atomic E-state index is 5.69. The van der Waals surface area contributed by atoms with Crippen LogP contribution in [-0.2, 0) is 0 Å². The normalized spacial score (nSPS) is 16.2. The molecule has 4 nitrogen and oxygen atoms in total. The summed E-state index contributed by atoms with van der Waals surface area (Å²) in [6.07, 6.45) is 9.20. The summed E-state index contributed by atoms with van der Waals surface area (Å²) in [7, 11) is 0. The van der Waals surface area contributed by atoms with Gasteiger partial charge in [-0.3, -0.25) is 0 Å². The molecule has 0 atom stereocenters. The Labute approximate surface area is 119 Å². The molecule has 20 heavy (non-hydrogen) atoms. The highest BCUT2D eigenvalue weighted by atomic mass is 15.3. The van der Waals surface area contributed by atoms with Crippen molar-refractivity contribution in [3.63, 3.8) is 0 Å². The van der Waals surface area contributed by atoms with Gasteiger partial charge in [0.1, 0.15) is 5.82 Å². The van der Waals surface area contributed by atoms with Crippen molar-refractivity contribution in [1.82, 2.24) is 14.8 Å². The van der Waals surface area contributed by atoms with Gasteiger partial charge < -0.3 is 10.3 Å². The number of anilines is 1. The monoisotopic (exact) mass is 268 g/mol. The molecule has 0 saturated heterocycles. The SMILES string of the molecule is Cc1nnc(/C=C/c2ccc(N)cc2)n1C1CCCC1. The first-order valence-electron chi connectivity index (χ1n) is 7.19. The molecule has 1 heterocycles. The molecule has 0 unspecified atom stereocenters. The summed E-state index contributed by atoms with van der Waals surface area (Å²) in [4.78, 5) is 0. The number of nitrogens with two attached hydrogens (primary N) is 1. The van der Waals surface area contributed by atoms with Gasteiger partial charge in [-0.25, -0.2) is 0 Å². The second-order valence-corrected chi connectivity index (χ2v) is 5.41. The largest absolute Gasteiger partial charge is 0.399 e. The summed E-state index contributed by atoms with van der Waals surface area (Å²) < 4.78 is 2.28. The lowest BCUT2D eigenvalue weighted by atomic mass is 10.2. The number of aromatic nitrogens is 3. The van der Waals surface area contributed by atoms with E-state index in [-0.39, 0.29) is 0 Å². The lowest BCUT2D eigenvalue weighted by molar-refractivity contribution is 0.502. The van der Waals surface area contributed by atoms with Gasteiger partial charge in [0.2, 0.25) is 0 Å². The Hall–Kier alpha value is -2.10. The number of nitrogens with zero attached hydrogens (tertiary/aromatic N) is 3. The van der Waals surface area contributed by atoms with E-state index < -0.39 is 0 Å². The van der Waals surface area contributed by atoms with E-state index >= 15 is 0 Å². The minimum atomic E-state index is 0.566. The molecule has 1 fully saturated rings. The Kier molecular flexibility index (Phi) is 3.54. The Bertz CT molecular complexity index is 604. The van der Waals surface area contributed by atoms with E-state index in [0.717, 1.165) is 22.9 Å². The van der Waals surface area contributed by atoms with Gasteiger partial charge in [-0.1, -0.05) is 31.1 Å². The third kappa shape index (κ3) is 2.59. The number of nitrogen functional groups attached to an aromatic ring is 1. The molecule has 2 aromatic rings. The molecule has 0 amide bonds. The lowest BCUT2D eigenvalue weighted by Crippen LogP contribution is -2.08.